The monoisotopic (exact) mass is 305 g/mol. The Morgan fingerprint density at radius 2 is 2.05 bits per heavy atom. The Morgan fingerprint density at radius 3 is 2.73 bits per heavy atom. The summed E-state index contributed by atoms with van der Waals surface area (Å²) in [7, 11) is 0. The van der Waals surface area contributed by atoms with Crippen molar-refractivity contribution in [1.82, 2.24) is 5.32 Å². The van der Waals surface area contributed by atoms with E-state index in [1.807, 2.05) is 37.3 Å². The Labute approximate surface area is 129 Å². The number of carbonyl (C=O) groups excluding carboxylic acids is 2. The third kappa shape index (κ3) is 4.80. The average molecular weight is 305 g/mol. The molecule has 0 aromatic heterocycles. The summed E-state index contributed by atoms with van der Waals surface area (Å²) in [5.74, 6) is -0.894. The van der Waals surface area contributed by atoms with Gasteiger partial charge in [-0.3, -0.25) is 4.79 Å². The maximum absolute atomic E-state index is 11.7. The van der Waals surface area contributed by atoms with Crippen LogP contribution in [0.2, 0.25) is 0 Å². The van der Waals surface area contributed by atoms with E-state index in [0.717, 1.165) is 5.56 Å². The van der Waals surface area contributed by atoms with Crippen LogP contribution in [0, 0.1) is 0 Å². The molecule has 0 bridgehead atoms. The number of hydrogen-bond donors (Lipinski definition) is 1. The molecule has 0 aliphatic carbocycles. The summed E-state index contributed by atoms with van der Waals surface area (Å²) < 4.78 is 14.9. The molecule has 22 heavy (non-hydrogen) atoms. The molecule has 0 fully saturated rings. The second kappa shape index (κ2) is 8.07. The normalized spacial score (nSPS) is 14.9. The van der Waals surface area contributed by atoms with E-state index in [1.54, 1.807) is 0 Å². The maximum atomic E-state index is 11.7. The lowest BCUT2D eigenvalue weighted by Crippen LogP contribution is -2.32. The van der Waals surface area contributed by atoms with Gasteiger partial charge in [0.1, 0.15) is 19.5 Å². The highest BCUT2D eigenvalue weighted by atomic mass is 16.6. The quantitative estimate of drug-likeness (QED) is 0.803. The Kier molecular flexibility index (Phi) is 5.82. The van der Waals surface area contributed by atoms with Crippen molar-refractivity contribution in [2.75, 3.05) is 26.4 Å². The van der Waals surface area contributed by atoms with Crippen LogP contribution < -0.4 is 5.32 Å². The number of nitrogens with one attached hydrogen (secondary N) is 1. The molecule has 1 heterocycles. The van der Waals surface area contributed by atoms with Gasteiger partial charge in [0.25, 0.3) is 5.91 Å². The van der Waals surface area contributed by atoms with Gasteiger partial charge in [-0.15, -0.1) is 0 Å². The van der Waals surface area contributed by atoms with Gasteiger partial charge in [-0.1, -0.05) is 37.3 Å². The molecule has 6 nitrogen and oxygen atoms in total. The number of ether oxygens (including phenoxy) is 3. The standard InChI is InChI=1S/C16H19NO5/c1-12(13-5-3-2-4-6-13)9-17-15(18)11-22-16(19)14-10-20-7-8-21-14/h2-6,10,12H,7-9,11H2,1H3,(H,17,18)/t12-/m1/s1. The Hall–Kier alpha value is -2.50. The topological polar surface area (TPSA) is 73.9 Å². The van der Waals surface area contributed by atoms with Gasteiger partial charge in [0.15, 0.2) is 6.61 Å². The first-order valence-corrected chi connectivity index (χ1v) is 7.10. The Bertz CT molecular complexity index is 541. The second-order valence-corrected chi connectivity index (χ2v) is 4.89. The second-order valence-electron chi connectivity index (χ2n) is 4.89. The molecular weight excluding hydrogens is 286 g/mol. The van der Waals surface area contributed by atoms with Crippen molar-refractivity contribution in [3.05, 3.63) is 47.9 Å². The van der Waals surface area contributed by atoms with E-state index >= 15 is 0 Å². The molecule has 2 rings (SSSR count). The van der Waals surface area contributed by atoms with E-state index < -0.39 is 5.97 Å². The molecule has 1 aliphatic rings. The van der Waals surface area contributed by atoms with E-state index in [-0.39, 0.29) is 24.2 Å². The van der Waals surface area contributed by atoms with Crippen LogP contribution in [0.4, 0.5) is 0 Å². The fourth-order valence-corrected chi connectivity index (χ4v) is 1.90. The zero-order valence-electron chi connectivity index (χ0n) is 12.4. The van der Waals surface area contributed by atoms with Gasteiger partial charge in [-0.25, -0.2) is 4.79 Å². The van der Waals surface area contributed by atoms with Gasteiger partial charge >= 0.3 is 5.97 Å². The van der Waals surface area contributed by atoms with E-state index in [9.17, 15) is 9.59 Å². The molecule has 0 saturated carbocycles. The van der Waals surface area contributed by atoms with E-state index in [1.165, 1.54) is 6.26 Å². The van der Waals surface area contributed by atoms with Crippen molar-refractivity contribution in [2.24, 2.45) is 0 Å². The molecule has 0 spiro atoms. The summed E-state index contributed by atoms with van der Waals surface area (Å²) >= 11 is 0. The van der Waals surface area contributed by atoms with Crippen molar-refractivity contribution < 1.29 is 23.8 Å². The maximum Gasteiger partial charge on any atom is 0.377 e. The molecule has 1 aliphatic heterocycles. The smallest absolute Gasteiger partial charge is 0.377 e. The third-order valence-electron chi connectivity index (χ3n) is 3.16. The largest absolute Gasteiger partial charge is 0.493 e. The summed E-state index contributed by atoms with van der Waals surface area (Å²) in [6.07, 6.45) is 1.20. The summed E-state index contributed by atoms with van der Waals surface area (Å²) in [6, 6.07) is 9.86. The first-order chi connectivity index (χ1) is 10.7. The molecule has 0 unspecified atom stereocenters. The Morgan fingerprint density at radius 1 is 1.27 bits per heavy atom. The number of esters is 1. The van der Waals surface area contributed by atoms with Gasteiger partial charge in [-0.05, 0) is 11.5 Å². The van der Waals surface area contributed by atoms with Crippen molar-refractivity contribution in [2.45, 2.75) is 12.8 Å². The highest BCUT2D eigenvalue weighted by Gasteiger charge is 2.18. The first kappa shape index (κ1) is 15.9. The lowest BCUT2D eigenvalue weighted by Gasteiger charge is -2.15. The highest BCUT2D eigenvalue weighted by Crippen LogP contribution is 2.12. The number of carbonyl (C=O) groups is 2. The minimum atomic E-state index is -0.703. The molecule has 0 saturated heterocycles. The zero-order chi connectivity index (χ0) is 15.8. The summed E-state index contributed by atoms with van der Waals surface area (Å²) in [4.78, 5) is 23.3. The fraction of sp³-hybridized carbons (Fsp3) is 0.375. The van der Waals surface area contributed by atoms with Crippen molar-refractivity contribution in [3.63, 3.8) is 0 Å². The predicted octanol–water partition coefficient (Wildman–Crippen LogP) is 1.34. The van der Waals surface area contributed by atoms with Crippen LogP contribution in [-0.4, -0.2) is 38.2 Å². The predicted molar refractivity (Wildman–Crippen MR) is 78.8 cm³/mol. The molecular formula is C16H19NO5. The van der Waals surface area contributed by atoms with Crippen LogP contribution in [0.3, 0.4) is 0 Å². The van der Waals surface area contributed by atoms with Crippen molar-refractivity contribution in [3.8, 4) is 0 Å². The van der Waals surface area contributed by atoms with Crippen molar-refractivity contribution >= 4 is 11.9 Å². The SMILES string of the molecule is C[C@H](CNC(=O)COC(=O)C1=COCCO1)c1ccccc1. The van der Waals surface area contributed by atoms with Gasteiger partial charge in [0.2, 0.25) is 5.76 Å². The minimum Gasteiger partial charge on any atom is -0.493 e. The molecule has 1 N–H and O–H groups in total. The van der Waals surface area contributed by atoms with E-state index in [2.05, 4.69) is 5.32 Å². The van der Waals surface area contributed by atoms with Crippen LogP contribution in [0.5, 0.6) is 0 Å². The molecule has 0 radical (unpaired) electrons. The van der Waals surface area contributed by atoms with E-state index in [0.29, 0.717) is 19.8 Å². The van der Waals surface area contributed by atoms with Crippen molar-refractivity contribution in [1.29, 1.82) is 0 Å². The average Bonchev–Trinajstić information content (AvgIpc) is 2.59. The van der Waals surface area contributed by atoms with Crippen LogP contribution in [0.1, 0.15) is 18.4 Å². The first-order valence-electron chi connectivity index (χ1n) is 7.10. The lowest BCUT2D eigenvalue weighted by molar-refractivity contribution is -0.149. The molecule has 1 aromatic carbocycles. The highest BCUT2D eigenvalue weighted by molar-refractivity contribution is 5.88. The van der Waals surface area contributed by atoms with Gasteiger partial charge in [0.05, 0.1) is 0 Å². The van der Waals surface area contributed by atoms with Gasteiger partial charge < -0.3 is 19.5 Å². The number of benzene rings is 1. The van der Waals surface area contributed by atoms with Gasteiger partial charge in [0, 0.05) is 6.54 Å². The number of amides is 1. The third-order valence-corrected chi connectivity index (χ3v) is 3.16. The number of rotatable bonds is 6. The molecule has 1 aromatic rings. The van der Waals surface area contributed by atoms with Crippen LogP contribution >= 0.6 is 0 Å². The van der Waals surface area contributed by atoms with Crippen LogP contribution in [0.25, 0.3) is 0 Å². The van der Waals surface area contributed by atoms with Crippen LogP contribution in [0.15, 0.2) is 42.4 Å². The summed E-state index contributed by atoms with van der Waals surface area (Å²) in [5.41, 5.74) is 1.14. The summed E-state index contributed by atoms with van der Waals surface area (Å²) in [5, 5.41) is 2.73. The fourth-order valence-electron chi connectivity index (χ4n) is 1.90. The number of hydrogen-bond acceptors (Lipinski definition) is 5. The molecule has 1 amide bonds. The molecule has 1 atom stereocenters. The Balaban J connectivity index is 1.69. The minimum absolute atomic E-state index is 0.0169. The molecule has 118 valence electrons. The summed E-state index contributed by atoms with van der Waals surface area (Å²) in [6.45, 7) is 2.83. The lowest BCUT2D eigenvalue weighted by atomic mass is 10.0. The van der Waals surface area contributed by atoms with E-state index in [4.69, 9.17) is 14.2 Å². The molecule has 6 heteroatoms. The van der Waals surface area contributed by atoms with Crippen LogP contribution in [-0.2, 0) is 23.8 Å². The zero-order valence-corrected chi connectivity index (χ0v) is 12.4. The van der Waals surface area contributed by atoms with Gasteiger partial charge in [-0.2, -0.15) is 0 Å².